The number of aromatic amines is 1. The van der Waals surface area contributed by atoms with E-state index in [0.717, 1.165) is 18.9 Å². The van der Waals surface area contributed by atoms with Gasteiger partial charge in [0.15, 0.2) is 0 Å². The number of anilines is 1. The van der Waals surface area contributed by atoms with Crippen LogP contribution in [0.3, 0.4) is 0 Å². The largest absolute Gasteiger partial charge is 0.358 e. The Kier molecular flexibility index (Phi) is 2.18. The normalized spacial score (nSPS) is 18.6. The molecule has 3 aliphatic heterocycles. The van der Waals surface area contributed by atoms with Gasteiger partial charge in [0.05, 0.1) is 5.52 Å². The van der Waals surface area contributed by atoms with Crippen molar-refractivity contribution in [2.45, 2.75) is 25.2 Å². The van der Waals surface area contributed by atoms with Crippen LogP contribution < -0.4 is 10.6 Å². The van der Waals surface area contributed by atoms with Crippen molar-refractivity contribution in [3.63, 3.8) is 0 Å². The fourth-order valence-corrected chi connectivity index (χ4v) is 3.70. The van der Waals surface area contributed by atoms with Gasteiger partial charge in [-0.25, -0.2) is 0 Å². The summed E-state index contributed by atoms with van der Waals surface area (Å²) in [6.45, 7) is 3.16. The standard InChI is InChI=1S/C15H19N3/c16-7-4-11-2-1-3-12-13-10-5-8-18(9-6-10)15(13)17-14(11)12/h1-3,10,17H,4-9,16H2. The Labute approximate surface area is 107 Å². The molecule has 0 radical (unpaired) electrons. The second kappa shape index (κ2) is 3.75. The second-order valence-electron chi connectivity index (χ2n) is 5.53. The number of piperidine rings is 1. The van der Waals surface area contributed by atoms with E-state index in [4.69, 9.17) is 5.73 Å². The molecule has 1 saturated heterocycles. The van der Waals surface area contributed by atoms with Gasteiger partial charge in [-0.3, -0.25) is 0 Å². The molecule has 0 aliphatic carbocycles. The summed E-state index contributed by atoms with van der Waals surface area (Å²) < 4.78 is 0. The van der Waals surface area contributed by atoms with E-state index in [2.05, 4.69) is 28.1 Å². The average molecular weight is 241 g/mol. The van der Waals surface area contributed by atoms with E-state index in [9.17, 15) is 0 Å². The zero-order chi connectivity index (χ0) is 12.1. The molecule has 3 heteroatoms. The molecule has 0 atom stereocenters. The highest BCUT2D eigenvalue weighted by molar-refractivity contribution is 5.92. The predicted molar refractivity (Wildman–Crippen MR) is 75.2 cm³/mol. The number of nitrogens with one attached hydrogen (secondary N) is 1. The molecule has 0 saturated carbocycles. The van der Waals surface area contributed by atoms with Crippen LogP contribution in [0.4, 0.5) is 5.82 Å². The highest BCUT2D eigenvalue weighted by Gasteiger charge is 2.33. The number of para-hydroxylation sites is 1. The van der Waals surface area contributed by atoms with E-state index in [-0.39, 0.29) is 0 Å². The summed E-state index contributed by atoms with van der Waals surface area (Å²) in [5, 5.41) is 1.44. The number of H-pyrrole nitrogens is 1. The SMILES string of the molecule is NCCc1cccc2c3c([nH]c12)N1CCC3CC1. The summed E-state index contributed by atoms with van der Waals surface area (Å²) in [4.78, 5) is 6.19. The molecule has 1 aromatic carbocycles. The van der Waals surface area contributed by atoms with E-state index >= 15 is 0 Å². The first kappa shape index (κ1) is 10.4. The third-order valence-electron chi connectivity index (χ3n) is 4.57. The Morgan fingerprint density at radius 1 is 1.28 bits per heavy atom. The van der Waals surface area contributed by atoms with Crippen molar-refractivity contribution in [2.75, 3.05) is 24.5 Å². The minimum atomic E-state index is 0.718. The molecule has 3 aliphatic rings. The maximum absolute atomic E-state index is 5.72. The number of fused-ring (bicyclic) bond motifs is 3. The van der Waals surface area contributed by atoms with Crippen LogP contribution in [0.1, 0.15) is 29.9 Å². The van der Waals surface area contributed by atoms with Gasteiger partial charge in [-0.15, -0.1) is 0 Å². The van der Waals surface area contributed by atoms with Crippen molar-refractivity contribution in [1.82, 2.24) is 4.98 Å². The molecule has 1 fully saturated rings. The zero-order valence-corrected chi connectivity index (χ0v) is 10.6. The van der Waals surface area contributed by atoms with Gasteiger partial charge in [-0.05, 0) is 37.3 Å². The third-order valence-corrected chi connectivity index (χ3v) is 4.57. The highest BCUT2D eigenvalue weighted by atomic mass is 15.2. The van der Waals surface area contributed by atoms with Crippen LogP contribution in [0.15, 0.2) is 18.2 Å². The molecule has 3 nitrogen and oxygen atoms in total. The lowest BCUT2D eigenvalue weighted by molar-refractivity contribution is 0.475. The lowest BCUT2D eigenvalue weighted by Crippen LogP contribution is -2.38. The quantitative estimate of drug-likeness (QED) is 0.848. The molecule has 2 bridgehead atoms. The van der Waals surface area contributed by atoms with Crippen molar-refractivity contribution in [1.29, 1.82) is 0 Å². The minimum absolute atomic E-state index is 0.718. The number of rotatable bonds is 2. The van der Waals surface area contributed by atoms with Crippen LogP contribution in [0, 0.1) is 0 Å². The molecule has 0 unspecified atom stereocenters. The highest BCUT2D eigenvalue weighted by Crippen LogP contribution is 2.46. The summed E-state index contributed by atoms with van der Waals surface area (Å²) in [5.41, 5.74) is 9.98. The molecular formula is C15H19N3. The topological polar surface area (TPSA) is 45.1 Å². The van der Waals surface area contributed by atoms with Gasteiger partial charge < -0.3 is 15.6 Å². The summed E-state index contributed by atoms with van der Waals surface area (Å²) >= 11 is 0. The molecule has 18 heavy (non-hydrogen) atoms. The van der Waals surface area contributed by atoms with Crippen LogP contribution in [0.2, 0.25) is 0 Å². The Balaban J connectivity index is 1.98. The summed E-state index contributed by atoms with van der Waals surface area (Å²) in [5.74, 6) is 2.16. The first-order valence-corrected chi connectivity index (χ1v) is 6.97. The molecule has 5 rings (SSSR count). The Morgan fingerprint density at radius 2 is 2.11 bits per heavy atom. The Hall–Kier alpha value is -1.48. The summed E-state index contributed by atoms with van der Waals surface area (Å²) in [7, 11) is 0. The lowest BCUT2D eigenvalue weighted by Gasteiger charge is -2.40. The molecule has 0 amide bonds. The van der Waals surface area contributed by atoms with Crippen LogP contribution in [0.25, 0.3) is 10.9 Å². The molecule has 1 aromatic heterocycles. The van der Waals surface area contributed by atoms with Gasteiger partial charge in [0, 0.05) is 24.0 Å². The van der Waals surface area contributed by atoms with Crippen LogP contribution in [-0.2, 0) is 6.42 Å². The van der Waals surface area contributed by atoms with Crippen LogP contribution >= 0.6 is 0 Å². The molecule has 0 spiro atoms. The van der Waals surface area contributed by atoms with Crippen LogP contribution in [0.5, 0.6) is 0 Å². The molecule has 3 N–H and O–H groups in total. The van der Waals surface area contributed by atoms with Gasteiger partial charge in [-0.2, -0.15) is 0 Å². The number of hydrogen-bond donors (Lipinski definition) is 2. The third kappa shape index (κ3) is 1.28. The van der Waals surface area contributed by atoms with Crippen molar-refractivity contribution >= 4 is 16.7 Å². The van der Waals surface area contributed by atoms with Crippen LogP contribution in [-0.4, -0.2) is 24.6 Å². The van der Waals surface area contributed by atoms with Gasteiger partial charge in [-0.1, -0.05) is 18.2 Å². The molecule has 2 aromatic rings. The van der Waals surface area contributed by atoms with Gasteiger partial charge in [0.1, 0.15) is 5.82 Å². The monoisotopic (exact) mass is 241 g/mol. The minimum Gasteiger partial charge on any atom is -0.358 e. The fourth-order valence-electron chi connectivity index (χ4n) is 3.70. The first-order chi connectivity index (χ1) is 8.88. The first-order valence-electron chi connectivity index (χ1n) is 6.97. The smallest absolute Gasteiger partial charge is 0.110 e. The number of hydrogen-bond acceptors (Lipinski definition) is 2. The van der Waals surface area contributed by atoms with E-state index in [0.29, 0.717) is 0 Å². The van der Waals surface area contributed by atoms with E-state index in [1.54, 1.807) is 5.56 Å². The van der Waals surface area contributed by atoms with Crippen molar-refractivity contribution < 1.29 is 0 Å². The molecule has 94 valence electrons. The van der Waals surface area contributed by atoms with E-state index in [1.807, 2.05) is 0 Å². The molecular weight excluding hydrogens is 222 g/mol. The Bertz CT molecular complexity index is 591. The number of nitrogens with two attached hydrogens (primary N) is 1. The van der Waals surface area contributed by atoms with Gasteiger partial charge in [0.25, 0.3) is 0 Å². The van der Waals surface area contributed by atoms with Crippen molar-refractivity contribution in [3.05, 3.63) is 29.3 Å². The lowest BCUT2D eigenvalue weighted by atomic mass is 9.84. The van der Waals surface area contributed by atoms with E-state index < -0.39 is 0 Å². The number of nitrogens with zero attached hydrogens (tertiary/aromatic N) is 1. The van der Waals surface area contributed by atoms with Gasteiger partial charge >= 0.3 is 0 Å². The number of aromatic nitrogens is 1. The van der Waals surface area contributed by atoms with E-state index in [1.165, 1.54) is 48.2 Å². The summed E-state index contributed by atoms with van der Waals surface area (Å²) in [6, 6.07) is 6.65. The fraction of sp³-hybridized carbons (Fsp3) is 0.467. The maximum Gasteiger partial charge on any atom is 0.110 e. The van der Waals surface area contributed by atoms with Gasteiger partial charge in [0.2, 0.25) is 0 Å². The molecule has 4 heterocycles. The second-order valence-corrected chi connectivity index (χ2v) is 5.53. The Morgan fingerprint density at radius 3 is 2.89 bits per heavy atom. The van der Waals surface area contributed by atoms with Crippen molar-refractivity contribution in [2.24, 2.45) is 5.73 Å². The number of benzene rings is 1. The average Bonchev–Trinajstić information content (AvgIpc) is 2.83. The predicted octanol–water partition coefficient (Wildman–Crippen LogP) is 2.37. The van der Waals surface area contributed by atoms with Crippen molar-refractivity contribution in [3.8, 4) is 0 Å². The zero-order valence-electron chi connectivity index (χ0n) is 10.6. The maximum atomic E-state index is 5.72. The summed E-state index contributed by atoms with van der Waals surface area (Å²) in [6.07, 6.45) is 3.60.